The second-order valence-electron chi connectivity index (χ2n) is 4.71. The Bertz CT molecular complexity index is 232. The van der Waals surface area contributed by atoms with Crippen molar-refractivity contribution >= 4 is 5.91 Å². The van der Waals surface area contributed by atoms with Crippen molar-refractivity contribution in [2.24, 2.45) is 5.92 Å². The molecular formula is C11H19NO3. The van der Waals surface area contributed by atoms with E-state index in [9.17, 15) is 4.79 Å². The van der Waals surface area contributed by atoms with E-state index in [1.807, 2.05) is 7.05 Å². The maximum Gasteiger partial charge on any atom is 0.251 e. The summed E-state index contributed by atoms with van der Waals surface area (Å²) in [5.41, 5.74) is 0. The van der Waals surface area contributed by atoms with Gasteiger partial charge in [0, 0.05) is 20.2 Å². The number of likely N-dealkylation sites (N-methyl/N-ethyl adjacent to an activating group) is 1. The number of carbonyl (C=O) groups is 1. The number of aliphatic hydroxyl groups excluding tert-OH is 1. The topological polar surface area (TPSA) is 49.8 Å². The summed E-state index contributed by atoms with van der Waals surface area (Å²) in [4.78, 5) is 13.6. The van der Waals surface area contributed by atoms with E-state index in [0.717, 1.165) is 32.2 Å². The number of amides is 1. The Hall–Kier alpha value is -0.610. The Kier molecular flexibility index (Phi) is 3.26. The third kappa shape index (κ3) is 2.49. The van der Waals surface area contributed by atoms with Crippen LogP contribution in [-0.2, 0) is 9.53 Å². The highest BCUT2D eigenvalue weighted by molar-refractivity contribution is 5.80. The summed E-state index contributed by atoms with van der Waals surface area (Å²) < 4.78 is 5.35. The Labute approximate surface area is 90.2 Å². The van der Waals surface area contributed by atoms with Crippen LogP contribution in [0.3, 0.4) is 0 Å². The maximum absolute atomic E-state index is 11.8. The highest BCUT2D eigenvalue weighted by Gasteiger charge is 2.32. The lowest BCUT2D eigenvalue weighted by Gasteiger charge is -2.35. The van der Waals surface area contributed by atoms with Gasteiger partial charge in [-0.05, 0) is 31.6 Å². The van der Waals surface area contributed by atoms with Crippen LogP contribution in [0.5, 0.6) is 0 Å². The highest BCUT2D eigenvalue weighted by atomic mass is 16.5. The van der Waals surface area contributed by atoms with Gasteiger partial charge in [0.05, 0.1) is 6.10 Å². The molecule has 0 aromatic heterocycles. The van der Waals surface area contributed by atoms with Crippen LogP contribution in [0.25, 0.3) is 0 Å². The molecule has 4 heteroatoms. The quantitative estimate of drug-likeness (QED) is 0.738. The second-order valence-corrected chi connectivity index (χ2v) is 4.71. The van der Waals surface area contributed by atoms with Crippen LogP contribution in [0, 0.1) is 5.92 Å². The summed E-state index contributed by atoms with van der Waals surface area (Å²) in [6, 6.07) is 0. The first-order valence-electron chi connectivity index (χ1n) is 5.71. The summed E-state index contributed by atoms with van der Waals surface area (Å²) in [7, 11) is 1.83. The molecule has 1 unspecified atom stereocenters. The predicted molar refractivity (Wildman–Crippen MR) is 55.3 cm³/mol. The molecule has 2 aliphatic rings. The number of hydrogen-bond donors (Lipinski definition) is 1. The van der Waals surface area contributed by atoms with E-state index in [-0.39, 0.29) is 18.1 Å². The second kappa shape index (κ2) is 4.49. The molecule has 86 valence electrons. The van der Waals surface area contributed by atoms with E-state index in [2.05, 4.69) is 0 Å². The minimum absolute atomic E-state index is 0.105. The SMILES string of the molecule is CN(CC1CC(O)C1)C(=O)C1CCCO1. The van der Waals surface area contributed by atoms with Gasteiger partial charge in [0.2, 0.25) is 0 Å². The molecule has 1 saturated heterocycles. The molecule has 1 aliphatic carbocycles. The van der Waals surface area contributed by atoms with Crippen molar-refractivity contribution in [3.05, 3.63) is 0 Å². The maximum atomic E-state index is 11.8. The molecule has 0 bridgehead atoms. The van der Waals surface area contributed by atoms with Gasteiger partial charge < -0.3 is 14.7 Å². The van der Waals surface area contributed by atoms with E-state index >= 15 is 0 Å². The summed E-state index contributed by atoms with van der Waals surface area (Å²) in [6.45, 7) is 1.47. The van der Waals surface area contributed by atoms with E-state index in [1.54, 1.807) is 4.90 Å². The van der Waals surface area contributed by atoms with Crippen molar-refractivity contribution in [2.75, 3.05) is 20.2 Å². The molecule has 1 heterocycles. The lowest BCUT2D eigenvalue weighted by Crippen LogP contribution is -2.43. The van der Waals surface area contributed by atoms with Gasteiger partial charge in [-0.1, -0.05) is 0 Å². The van der Waals surface area contributed by atoms with Crippen LogP contribution in [-0.4, -0.2) is 48.3 Å². The van der Waals surface area contributed by atoms with E-state index < -0.39 is 0 Å². The molecular weight excluding hydrogens is 194 g/mol. The van der Waals surface area contributed by atoms with Gasteiger partial charge in [-0.3, -0.25) is 4.79 Å². The summed E-state index contributed by atoms with van der Waals surface area (Å²) in [5, 5.41) is 9.15. The van der Waals surface area contributed by atoms with Crippen molar-refractivity contribution in [3.63, 3.8) is 0 Å². The Morgan fingerprint density at radius 2 is 2.27 bits per heavy atom. The molecule has 4 nitrogen and oxygen atoms in total. The standard InChI is InChI=1S/C11H19NO3/c1-12(7-8-5-9(13)6-8)11(14)10-3-2-4-15-10/h8-10,13H,2-7H2,1H3. The van der Waals surface area contributed by atoms with Crippen molar-refractivity contribution in [1.29, 1.82) is 0 Å². The van der Waals surface area contributed by atoms with Crippen molar-refractivity contribution < 1.29 is 14.6 Å². The largest absolute Gasteiger partial charge is 0.393 e. The molecule has 1 aliphatic heterocycles. The fourth-order valence-corrected chi connectivity index (χ4v) is 2.35. The van der Waals surface area contributed by atoms with Gasteiger partial charge in [0.15, 0.2) is 0 Å². The number of nitrogens with zero attached hydrogens (tertiary/aromatic N) is 1. The normalized spacial score (nSPS) is 34.9. The van der Waals surface area contributed by atoms with Crippen molar-refractivity contribution in [3.8, 4) is 0 Å². The molecule has 2 fully saturated rings. The lowest BCUT2D eigenvalue weighted by molar-refractivity contribution is -0.141. The van der Waals surface area contributed by atoms with Gasteiger partial charge in [0.25, 0.3) is 5.91 Å². The Morgan fingerprint density at radius 1 is 1.53 bits per heavy atom. The van der Waals surface area contributed by atoms with Crippen LogP contribution < -0.4 is 0 Å². The minimum Gasteiger partial charge on any atom is -0.393 e. The molecule has 1 atom stereocenters. The summed E-state index contributed by atoms with van der Waals surface area (Å²) >= 11 is 0. The van der Waals surface area contributed by atoms with Gasteiger partial charge >= 0.3 is 0 Å². The average Bonchev–Trinajstić information content (AvgIpc) is 2.66. The fourth-order valence-electron chi connectivity index (χ4n) is 2.35. The molecule has 0 spiro atoms. The van der Waals surface area contributed by atoms with Crippen LogP contribution >= 0.6 is 0 Å². The molecule has 2 rings (SSSR count). The third-order valence-electron chi connectivity index (χ3n) is 3.32. The number of aliphatic hydroxyl groups is 1. The Morgan fingerprint density at radius 3 is 2.80 bits per heavy atom. The van der Waals surface area contributed by atoms with Gasteiger partial charge in [0.1, 0.15) is 6.10 Å². The monoisotopic (exact) mass is 213 g/mol. The highest BCUT2D eigenvalue weighted by Crippen LogP contribution is 2.28. The Balaban J connectivity index is 1.74. The molecule has 1 amide bonds. The average molecular weight is 213 g/mol. The predicted octanol–water partition coefficient (Wildman–Crippen LogP) is 0.395. The summed E-state index contributed by atoms with van der Waals surface area (Å²) in [5.74, 6) is 0.587. The zero-order valence-electron chi connectivity index (χ0n) is 9.19. The molecule has 0 aromatic carbocycles. The van der Waals surface area contributed by atoms with E-state index in [4.69, 9.17) is 9.84 Å². The van der Waals surface area contributed by atoms with Crippen LogP contribution in [0.2, 0.25) is 0 Å². The van der Waals surface area contributed by atoms with Crippen LogP contribution in [0.15, 0.2) is 0 Å². The van der Waals surface area contributed by atoms with Gasteiger partial charge in [-0.25, -0.2) is 0 Å². The van der Waals surface area contributed by atoms with Crippen molar-refractivity contribution in [2.45, 2.75) is 37.9 Å². The van der Waals surface area contributed by atoms with E-state index in [0.29, 0.717) is 12.5 Å². The van der Waals surface area contributed by atoms with Gasteiger partial charge in [-0.15, -0.1) is 0 Å². The van der Waals surface area contributed by atoms with Crippen molar-refractivity contribution in [1.82, 2.24) is 4.90 Å². The first-order valence-corrected chi connectivity index (χ1v) is 5.71. The first kappa shape index (κ1) is 10.9. The minimum atomic E-state index is -0.208. The third-order valence-corrected chi connectivity index (χ3v) is 3.32. The molecule has 1 N–H and O–H groups in total. The van der Waals surface area contributed by atoms with E-state index in [1.165, 1.54) is 0 Å². The first-order chi connectivity index (χ1) is 7.16. The summed E-state index contributed by atoms with van der Waals surface area (Å²) in [6.07, 6.45) is 3.18. The van der Waals surface area contributed by atoms with Gasteiger partial charge in [-0.2, -0.15) is 0 Å². The number of ether oxygens (including phenoxy) is 1. The fraction of sp³-hybridized carbons (Fsp3) is 0.909. The smallest absolute Gasteiger partial charge is 0.251 e. The number of carbonyl (C=O) groups excluding carboxylic acids is 1. The molecule has 15 heavy (non-hydrogen) atoms. The molecule has 0 radical (unpaired) electrons. The number of hydrogen-bond acceptors (Lipinski definition) is 3. The molecule has 0 aromatic rings. The van der Waals surface area contributed by atoms with Crippen LogP contribution in [0.1, 0.15) is 25.7 Å². The lowest BCUT2D eigenvalue weighted by atomic mass is 9.82. The number of rotatable bonds is 3. The van der Waals surface area contributed by atoms with Crippen LogP contribution in [0.4, 0.5) is 0 Å². The zero-order chi connectivity index (χ0) is 10.8. The molecule has 1 saturated carbocycles. The zero-order valence-corrected chi connectivity index (χ0v) is 9.19.